The van der Waals surface area contributed by atoms with Crippen LogP contribution in [-0.2, 0) is 0 Å². The summed E-state index contributed by atoms with van der Waals surface area (Å²) in [6.45, 7) is 6.16. The molecule has 2 atom stereocenters. The van der Waals surface area contributed by atoms with Crippen molar-refractivity contribution in [3.63, 3.8) is 0 Å². The van der Waals surface area contributed by atoms with Gasteiger partial charge in [0, 0.05) is 25.6 Å². The Hall–Kier alpha value is -2.21. The van der Waals surface area contributed by atoms with Crippen LogP contribution < -0.4 is 10.2 Å². The minimum absolute atomic E-state index is 0.630. The van der Waals surface area contributed by atoms with E-state index in [-0.39, 0.29) is 0 Å². The molecule has 5 aliphatic rings. The van der Waals surface area contributed by atoms with Crippen LogP contribution in [0.4, 0.5) is 17.5 Å². The SMILES string of the molecule is c1nc(C2CC2)cnc1Nc1cc(C2CCN(CC3CC3)CC2)cc(N2CC3CCC3C2)n1. The van der Waals surface area contributed by atoms with E-state index in [1.165, 1.54) is 89.7 Å². The Kier molecular flexibility index (Phi) is 5.03. The number of pyridine rings is 1. The van der Waals surface area contributed by atoms with Gasteiger partial charge in [0.05, 0.1) is 18.1 Å². The van der Waals surface area contributed by atoms with Crippen LogP contribution in [0.2, 0.25) is 0 Å². The summed E-state index contributed by atoms with van der Waals surface area (Å²) in [6.07, 6.45) is 14.6. The third kappa shape index (κ3) is 4.34. The lowest BCUT2D eigenvalue weighted by atomic mass is 9.77. The predicted octanol–water partition coefficient (Wildman–Crippen LogP) is 4.93. The van der Waals surface area contributed by atoms with Crippen LogP contribution in [0.3, 0.4) is 0 Å². The summed E-state index contributed by atoms with van der Waals surface area (Å²) in [5.74, 6) is 6.92. The molecule has 0 bridgehead atoms. The number of nitrogens with zero attached hydrogens (tertiary/aromatic N) is 5. The number of hydrogen-bond donors (Lipinski definition) is 1. The van der Waals surface area contributed by atoms with E-state index in [0.29, 0.717) is 11.8 Å². The van der Waals surface area contributed by atoms with Crippen molar-refractivity contribution in [2.75, 3.05) is 42.9 Å². The van der Waals surface area contributed by atoms with Crippen molar-refractivity contribution in [2.24, 2.45) is 17.8 Å². The molecule has 2 aromatic heterocycles. The minimum atomic E-state index is 0.630. The average molecular weight is 445 g/mol. The molecule has 0 radical (unpaired) electrons. The second-order valence-corrected chi connectivity index (χ2v) is 11.4. The minimum Gasteiger partial charge on any atom is -0.356 e. The zero-order chi connectivity index (χ0) is 21.8. The Morgan fingerprint density at radius 1 is 0.788 bits per heavy atom. The fraction of sp³-hybridized carbons (Fsp3) is 0.667. The van der Waals surface area contributed by atoms with Crippen molar-refractivity contribution in [3.05, 3.63) is 35.8 Å². The van der Waals surface area contributed by atoms with Gasteiger partial charge in [-0.2, -0.15) is 0 Å². The number of anilines is 3. The lowest BCUT2D eigenvalue weighted by molar-refractivity contribution is 0.204. The Labute approximate surface area is 197 Å². The highest BCUT2D eigenvalue weighted by atomic mass is 15.2. The maximum Gasteiger partial charge on any atom is 0.150 e. The van der Waals surface area contributed by atoms with Gasteiger partial charge in [-0.25, -0.2) is 9.97 Å². The van der Waals surface area contributed by atoms with Gasteiger partial charge in [-0.15, -0.1) is 0 Å². The van der Waals surface area contributed by atoms with Crippen molar-refractivity contribution >= 4 is 17.5 Å². The molecular weight excluding hydrogens is 408 g/mol. The van der Waals surface area contributed by atoms with E-state index < -0.39 is 0 Å². The number of aromatic nitrogens is 3. The van der Waals surface area contributed by atoms with E-state index in [2.05, 4.69) is 37.2 Å². The van der Waals surface area contributed by atoms with E-state index >= 15 is 0 Å². The molecular formula is C27H36N6. The number of nitrogens with one attached hydrogen (secondary N) is 1. The molecule has 7 rings (SSSR count). The fourth-order valence-electron chi connectivity index (χ4n) is 6.18. The summed E-state index contributed by atoms with van der Waals surface area (Å²) in [4.78, 5) is 19.6. The van der Waals surface area contributed by atoms with Crippen molar-refractivity contribution in [2.45, 2.75) is 63.2 Å². The molecule has 4 heterocycles. The van der Waals surface area contributed by atoms with E-state index in [1.807, 2.05) is 12.4 Å². The third-order valence-electron chi connectivity index (χ3n) is 8.84. The van der Waals surface area contributed by atoms with Crippen LogP contribution in [0.1, 0.15) is 74.5 Å². The number of likely N-dealkylation sites (tertiary alicyclic amines) is 1. The molecule has 0 spiro atoms. The summed E-state index contributed by atoms with van der Waals surface area (Å²) in [7, 11) is 0. The van der Waals surface area contributed by atoms with Crippen LogP contribution in [0, 0.1) is 17.8 Å². The molecule has 2 saturated heterocycles. The van der Waals surface area contributed by atoms with E-state index in [1.54, 1.807) is 0 Å². The van der Waals surface area contributed by atoms with Gasteiger partial charge in [-0.05, 0) is 106 Å². The van der Waals surface area contributed by atoms with Gasteiger partial charge in [0.15, 0.2) is 0 Å². The first kappa shape index (κ1) is 20.2. The summed E-state index contributed by atoms with van der Waals surface area (Å²) in [5.41, 5.74) is 2.59. The van der Waals surface area contributed by atoms with E-state index in [9.17, 15) is 0 Å². The van der Waals surface area contributed by atoms with Gasteiger partial charge in [0.25, 0.3) is 0 Å². The second-order valence-electron chi connectivity index (χ2n) is 11.4. The first-order valence-corrected chi connectivity index (χ1v) is 13.3. The molecule has 6 nitrogen and oxygen atoms in total. The van der Waals surface area contributed by atoms with Gasteiger partial charge in [-0.1, -0.05) is 0 Å². The second kappa shape index (κ2) is 8.23. The van der Waals surface area contributed by atoms with Gasteiger partial charge in [0.1, 0.15) is 17.5 Å². The number of hydrogen-bond acceptors (Lipinski definition) is 6. The van der Waals surface area contributed by atoms with Gasteiger partial charge in [-0.3, -0.25) is 4.98 Å². The smallest absolute Gasteiger partial charge is 0.150 e. The maximum absolute atomic E-state index is 5.07. The quantitative estimate of drug-likeness (QED) is 0.654. The summed E-state index contributed by atoms with van der Waals surface area (Å²) >= 11 is 0. The highest BCUT2D eigenvalue weighted by Gasteiger charge is 2.40. The van der Waals surface area contributed by atoms with Crippen molar-refractivity contribution < 1.29 is 0 Å². The first-order chi connectivity index (χ1) is 16.3. The molecule has 33 heavy (non-hydrogen) atoms. The fourth-order valence-corrected chi connectivity index (χ4v) is 6.18. The van der Waals surface area contributed by atoms with Crippen LogP contribution in [0.25, 0.3) is 0 Å². The lowest BCUT2D eigenvalue weighted by Gasteiger charge is -2.32. The topological polar surface area (TPSA) is 57.2 Å². The Morgan fingerprint density at radius 2 is 1.58 bits per heavy atom. The Bertz CT molecular complexity index is 978. The highest BCUT2D eigenvalue weighted by Crippen LogP contribution is 2.43. The molecule has 2 unspecified atom stereocenters. The number of rotatable bonds is 7. The highest BCUT2D eigenvalue weighted by molar-refractivity contribution is 5.58. The third-order valence-corrected chi connectivity index (χ3v) is 8.84. The van der Waals surface area contributed by atoms with Crippen LogP contribution in [0.5, 0.6) is 0 Å². The number of piperidine rings is 1. The zero-order valence-electron chi connectivity index (χ0n) is 19.6. The Balaban J connectivity index is 1.11. The molecule has 174 valence electrons. The predicted molar refractivity (Wildman–Crippen MR) is 131 cm³/mol. The molecule has 2 aromatic rings. The van der Waals surface area contributed by atoms with Crippen LogP contribution in [-0.4, -0.2) is 52.6 Å². The molecule has 1 N–H and O–H groups in total. The molecule has 3 aliphatic carbocycles. The summed E-state index contributed by atoms with van der Waals surface area (Å²) < 4.78 is 0. The Morgan fingerprint density at radius 3 is 2.21 bits per heavy atom. The van der Waals surface area contributed by atoms with E-state index in [0.717, 1.165) is 40.9 Å². The van der Waals surface area contributed by atoms with Gasteiger partial charge < -0.3 is 15.1 Å². The molecule has 5 fully saturated rings. The van der Waals surface area contributed by atoms with Crippen molar-refractivity contribution in [1.82, 2.24) is 19.9 Å². The maximum atomic E-state index is 5.07. The van der Waals surface area contributed by atoms with E-state index in [4.69, 9.17) is 4.98 Å². The molecule has 0 amide bonds. The summed E-state index contributed by atoms with van der Waals surface area (Å²) in [5, 5.41) is 3.49. The van der Waals surface area contributed by atoms with Crippen molar-refractivity contribution in [3.8, 4) is 0 Å². The lowest BCUT2D eigenvalue weighted by Crippen LogP contribution is -2.34. The normalized spacial score (nSPS) is 27.9. The monoisotopic (exact) mass is 444 g/mol. The number of fused-ring (bicyclic) bond motifs is 1. The standard InChI is InChI=1S/C27H36N6/c1-2-18(1)15-32-9-7-19(8-10-32)23-11-25(30-26-14-28-24(13-29-26)20-3-4-20)31-27(12-23)33-16-21-5-6-22(21)17-33/h11-14,18-22H,1-10,15-17H2,(H,29,30,31). The summed E-state index contributed by atoms with van der Waals surface area (Å²) in [6, 6.07) is 4.69. The zero-order valence-corrected chi connectivity index (χ0v) is 19.6. The largest absolute Gasteiger partial charge is 0.356 e. The molecule has 6 heteroatoms. The van der Waals surface area contributed by atoms with Crippen LogP contribution in [0.15, 0.2) is 24.5 Å². The molecule has 3 saturated carbocycles. The molecule has 0 aromatic carbocycles. The first-order valence-electron chi connectivity index (χ1n) is 13.3. The van der Waals surface area contributed by atoms with Gasteiger partial charge >= 0.3 is 0 Å². The van der Waals surface area contributed by atoms with Gasteiger partial charge in [0.2, 0.25) is 0 Å². The van der Waals surface area contributed by atoms with Crippen LogP contribution >= 0.6 is 0 Å². The molecule has 2 aliphatic heterocycles. The average Bonchev–Trinajstić information content (AvgIpc) is 3.75. The van der Waals surface area contributed by atoms with Crippen molar-refractivity contribution in [1.29, 1.82) is 0 Å².